The lowest BCUT2D eigenvalue weighted by Gasteiger charge is -2.50. The Bertz CT molecular complexity index is 2090. The summed E-state index contributed by atoms with van der Waals surface area (Å²) in [6.45, 7) is 0. The van der Waals surface area contributed by atoms with Gasteiger partial charge in [-0.25, -0.2) is 9.78 Å². The van der Waals surface area contributed by atoms with Crippen LogP contribution >= 0.6 is 23.2 Å². The number of carbonyl (C=O) groups is 5. The van der Waals surface area contributed by atoms with Gasteiger partial charge in [-0.15, -0.1) is 0 Å². The molecule has 17 heteroatoms. The van der Waals surface area contributed by atoms with Gasteiger partial charge in [-0.3, -0.25) is 24.6 Å². The molecule has 0 spiro atoms. The standard InChI is InChI=1S/C35H27Cl2F3N4O8/c1-51-24-5-3-4-20(27(24)45)26-18-10-11-19-25(31(48)43(29(19)46)33(50)52-2)21(18)13-22-30(47)44(32(49)34(22,26)15-6-8-17(36)9-7-15)42-28-23(37)12-16(14-41-28)35(38,39)40/h3-10,12,14,19,21-22,25-26,45H,11,13H2,1-2H3,(H,41,42). The van der Waals surface area contributed by atoms with Crippen molar-refractivity contribution in [1.29, 1.82) is 0 Å². The Balaban J connectivity index is 1.45. The van der Waals surface area contributed by atoms with Crippen molar-refractivity contribution >= 4 is 58.7 Å². The highest BCUT2D eigenvalue weighted by molar-refractivity contribution is 6.33. The van der Waals surface area contributed by atoms with Gasteiger partial charge in [-0.05, 0) is 48.6 Å². The summed E-state index contributed by atoms with van der Waals surface area (Å²) < 4.78 is 50.4. The number of pyridine rings is 1. The summed E-state index contributed by atoms with van der Waals surface area (Å²) in [6.07, 6.45) is -3.97. The molecule has 52 heavy (non-hydrogen) atoms. The quantitative estimate of drug-likeness (QED) is 0.238. The molecule has 2 aromatic carbocycles. The number of para-hydroxylation sites is 1. The number of nitrogens with zero attached hydrogens (tertiary/aromatic N) is 3. The maximum absolute atomic E-state index is 15.2. The Labute approximate surface area is 303 Å². The minimum Gasteiger partial charge on any atom is -0.504 e. The lowest BCUT2D eigenvalue weighted by molar-refractivity contribution is -0.140. The van der Waals surface area contributed by atoms with Crippen LogP contribution in [0.3, 0.4) is 0 Å². The lowest BCUT2D eigenvalue weighted by atomic mass is 9.49. The van der Waals surface area contributed by atoms with Crippen LogP contribution in [0.25, 0.3) is 0 Å². The van der Waals surface area contributed by atoms with Gasteiger partial charge in [-0.1, -0.05) is 59.1 Å². The van der Waals surface area contributed by atoms with E-state index in [0.29, 0.717) is 32.8 Å². The number of phenolic OH excluding ortho intramolecular Hbond substituents is 1. The second-order valence-electron chi connectivity index (χ2n) is 12.8. The molecule has 3 aromatic rings. The van der Waals surface area contributed by atoms with Gasteiger partial charge in [-0.2, -0.15) is 23.1 Å². The summed E-state index contributed by atoms with van der Waals surface area (Å²) in [5.41, 5.74) is 0.352. The number of likely N-dealkylation sites (tertiary alicyclic amines) is 1. The van der Waals surface area contributed by atoms with Crippen LogP contribution in [0.4, 0.5) is 23.8 Å². The Kier molecular flexibility index (Phi) is 8.49. The van der Waals surface area contributed by atoms with E-state index >= 15 is 4.79 Å². The van der Waals surface area contributed by atoms with Crippen molar-refractivity contribution < 1.29 is 51.7 Å². The van der Waals surface area contributed by atoms with E-state index in [-0.39, 0.29) is 35.5 Å². The number of allylic oxidation sites excluding steroid dienone is 2. The molecule has 5 amide bonds. The van der Waals surface area contributed by atoms with Crippen molar-refractivity contribution in [2.45, 2.75) is 30.4 Å². The Morgan fingerprint density at radius 2 is 1.73 bits per heavy atom. The first-order valence-corrected chi connectivity index (χ1v) is 16.6. The number of nitrogens with one attached hydrogen (secondary N) is 1. The van der Waals surface area contributed by atoms with Crippen molar-refractivity contribution in [2.75, 3.05) is 19.6 Å². The lowest BCUT2D eigenvalue weighted by Crippen LogP contribution is -2.53. The van der Waals surface area contributed by atoms with Gasteiger partial charge in [0.05, 0.1) is 48.0 Å². The van der Waals surface area contributed by atoms with E-state index in [4.69, 9.17) is 32.7 Å². The van der Waals surface area contributed by atoms with Crippen LogP contribution in [0.1, 0.15) is 35.4 Å². The number of fused-ring (bicyclic) bond motifs is 4. The zero-order chi connectivity index (χ0) is 37.4. The van der Waals surface area contributed by atoms with Crippen molar-refractivity contribution in [3.63, 3.8) is 0 Å². The van der Waals surface area contributed by atoms with E-state index in [2.05, 4.69) is 10.4 Å². The van der Waals surface area contributed by atoms with E-state index in [1.807, 2.05) is 0 Å². The Morgan fingerprint density at radius 3 is 2.37 bits per heavy atom. The van der Waals surface area contributed by atoms with Gasteiger partial charge >= 0.3 is 12.3 Å². The van der Waals surface area contributed by atoms with Crippen LogP contribution in [-0.4, -0.2) is 63.9 Å². The third-order valence-corrected chi connectivity index (χ3v) is 11.0. The summed E-state index contributed by atoms with van der Waals surface area (Å²) in [6, 6.07) is 11.3. The van der Waals surface area contributed by atoms with E-state index in [0.717, 1.165) is 7.11 Å². The number of alkyl halides is 3. The van der Waals surface area contributed by atoms with Gasteiger partial charge in [0.1, 0.15) is 0 Å². The number of carbonyl (C=O) groups excluding carboxylic acids is 5. The highest BCUT2D eigenvalue weighted by Crippen LogP contribution is 2.65. The Morgan fingerprint density at radius 1 is 1.02 bits per heavy atom. The number of halogens is 5. The maximum atomic E-state index is 15.2. The summed E-state index contributed by atoms with van der Waals surface area (Å²) in [5.74, 6) is -9.65. The number of methoxy groups -OCH3 is 2. The number of ether oxygens (including phenoxy) is 2. The number of anilines is 1. The molecule has 6 unspecified atom stereocenters. The van der Waals surface area contributed by atoms with Gasteiger partial charge in [0, 0.05) is 22.7 Å². The molecule has 2 saturated heterocycles. The molecule has 12 nitrogen and oxygen atoms in total. The van der Waals surface area contributed by atoms with E-state index < -0.39 is 87.3 Å². The van der Waals surface area contributed by atoms with Crippen LogP contribution in [0.2, 0.25) is 10.0 Å². The van der Waals surface area contributed by atoms with Crippen molar-refractivity contribution in [3.8, 4) is 11.5 Å². The molecule has 2 aliphatic heterocycles. The first kappa shape index (κ1) is 35.3. The van der Waals surface area contributed by atoms with Crippen molar-refractivity contribution in [2.24, 2.45) is 23.7 Å². The molecule has 1 saturated carbocycles. The maximum Gasteiger partial charge on any atom is 0.423 e. The minimum atomic E-state index is -4.78. The third kappa shape index (κ3) is 5.04. The monoisotopic (exact) mass is 758 g/mol. The second kappa shape index (κ2) is 12.5. The summed E-state index contributed by atoms with van der Waals surface area (Å²) in [4.78, 5) is 74.0. The fourth-order valence-corrected chi connectivity index (χ4v) is 8.67. The number of hydrogen-bond donors (Lipinski definition) is 2. The predicted molar refractivity (Wildman–Crippen MR) is 176 cm³/mol. The summed E-state index contributed by atoms with van der Waals surface area (Å²) in [7, 11) is 2.35. The molecule has 4 aliphatic rings. The van der Waals surface area contributed by atoms with E-state index in [1.165, 1.54) is 31.4 Å². The van der Waals surface area contributed by atoms with Gasteiger partial charge in [0.15, 0.2) is 17.3 Å². The zero-order valence-corrected chi connectivity index (χ0v) is 28.6. The first-order chi connectivity index (χ1) is 24.7. The molecule has 2 N–H and O–H groups in total. The fraction of sp³-hybridized carbons (Fsp3) is 0.314. The van der Waals surface area contributed by atoms with Crippen molar-refractivity contribution in [1.82, 2.24) is 14.9 Å². The molecule has 3 fully saturated rings. The highest BCUT2D eigenvalue weighted by Gasteiger charge is 2.71. The topological polar surface area (TPSA) is 155 Å². The molecular formula is C35H27Cl2F3N4O8. The van der Waals surface area contributed by atoms with Crippen molar-refractivity contribution in [3.05, 3.63) is 93.1 Å². The van der Waals surface area contributed by atoms with Crippen LogP contribution in [-0.2, 0) is 35.5 Å². The average Bonchev–Trinajstić information content (AvgIpc) is 3.49. The molecule has 0 radical (unpaired) electrons. The number of benzene rings is 2. The number of hydrogen-bond acceptors (Lipinski definition) is 10. The number of hydrazine groups is 1. The minimum absolute atomic E-state index is 0.0215. The van der Waals surface area contributed by atoms with Crippen LogP contribution in [0, 0.1) is 23.7 Å². The highest BCUT2D eigenvalue weighted by atomic mass is 35.5. The Hall–Kier alpha value is -5.15. The number of amides is 5. The largest absolute Gasteiger partial charge is 0.504 e. The van der Waals surface area contributed by atoms with Gasteiger partial charge in [0.2, 0.25) is 11.8 Å². The SMILES string of the molecule is COC(=O)N1C(=O)C2CC=C3C(CC4C(=O)N(Nc5ncc(C(F)(F)F)cc5Cl)C(=O)C4(c4ccc(Cl)cc4)C3c3cccc(OC)c3O)C2C1=O. The van der Waals surface area contributed by atoms with Crippen LogP contribution in [0.5, 0.6) is 11.5 Å². The zero-order valence-electron chi connectivity index (χ0n) is 27.1. The number of aromatic nitrogens is 1. The molecule has 6 atom stereocenters. The number of aromatic hydroxyl groups is 1. The summed E-state index contributed by atoms with van der Waals surface area (Å²) in [5, 5.41) is 12.1. The third-order valence-electron chi connectivity index (χ3n) is 10.5. The smallest absolute Gasteiger partial charge is 0.423 e. The molecular weight excluding hydrogens is 732 g/mol. The molecule has 3 heterocycles. The van der Waals surface area contributed by atoms with Crippen LogP contribution < -0.4 is 10.2 Å². The van der Waals surface area contributed by atoms with E-state index in [1.54, 1.807) is 24.3 Å². The average molecular weight is 760 g/mol. The van der Waals surface area contributed by atoms with Gasteiger partial charge < -0.3 is 14.6 Å². The normalized spacial score (nSPS) is 26.8. The number of rotatable bonds is 5. The predicted octanol–water partition coefficient (Wildman–Crippen LogP) is 5.87. The molecule has 0 bridgehead atoms. The second-order valence-corrected chi connectivity index (χ2v) is 13.6. The number of phenols is 1. The first-order valence-electron chi connectivity index (χ1n) is 15.8. The molecule has 270 valence electrons. The summed E-state index contributed by atoms with van der Waals surface area (Å²) >= 11 is 12.5. The molecule has 2 aliphatic carbocycles. The van der Waals surface area contributed by atoms with Crippen LogP contribution in [0.15, 0.2) is 66.4 Å². The number of imide groups is 4. The fourth-order valence-electron chi connectivity index (χ4n) is 8.34. The van der Waals surface area contributed by atoms with Gasteiger partial charge in [0.25, 0.3) is 11.8 Å². The molecule has 1 aromatic heterocycles. The molecule has 7 rings (SSSR count). The van der Waals surface area contributed by atoms with E-state index in [9.17, 15) is 37.5 Å².